The highest BCUT2D eigenvalue weighted by Gasteiger charge is 2.20. The van der Waals surface area contributed by atoms with E-state index >= 15 is 0 Å². The molecule has 0 bridgehead atoms. The second-order valence-corrected chi connectivity index (χ2v) is 13.7. The van der Waals surface area contributed by atoms with Gasteiger partial charge in [0.25, 0.3) is 0 Å². The number of hydrogen-bond acceptors (Lipinski definition) is 3. The molecule has 0 spiro atoms. The maximum atomic E-state index is 11.9. The molecule has 0 heterocycles. The fourth-order valence-electron chi connectivity index (χ4n) is 6.28. The summed E-state index contributed by atoms with van der Waals surface area (Å²) in [5, 5.41) is 20.3. The highest BCUT2D eigenvalue weighted by Crippen LogP contribution is 2.17. The third-order valence-corrected chi connectivity index (χ3v) is 9.29. The molecule has 0 unspecified atom stereocenters. The normalized spacial score (nSPS) is 11.9. The molecule has 0 aromatic rings. The van der Waals surface area contributed by atoms with E-state index in [1.807, 2.05) is 0 Å². The van der Waals surface area contributed by atoms with Gasteiger partial charge in [0.2, 0.25) is 5.91 Å². The summed E-state index contributed by atoms with van der Waals surface area (Å²) in [6.07, 6.45) is 42.2. The number of rotatable bonds is 37. The predicted molar refractivity (Wildman–Crippen MR) is 190 cm³/mol. The van der Waals surface area contributed by atoms with Crippen molar-refractivity contribution in [3.8, 4) is 0 Å². The van der Waals surface area contributed by atoms with Crippen LogP contribution in [0.4, 0.5) is 0 Å². The molecule has 0 aliphatic rings. The summed E-state index contributed by atoms with van der Waals surface area (Å²) in [5.74, 6) is -2.54. The highest BCUT2D eigenvalue weighted by atomic mass is 16.4. The monoisotopic (exact) mass is 638 g/mol. The van der Waals surface area contributed by atoms with Crippen molar-refractivity contribution >= 4 is 17.8 Å². The molecule has 1 atom stereocenters. The molecule has 0 aromatic heterocycles. The third kappa shape index (κ3) is 35.1. The van der Waals surface area contributed by atoms with Crippen LogP contribution in [-0.2, 0) is 14.4 Å². The molecule has 3 N–H and O–H groups in total. The standard InChI is InChI=1S/C39H75NO5/c1-2-3-4-5-6-7-8-9-10-11-12-13-14-15-16-17-18-19-20-21-22-23-24-25-26-27-28-29-30-31-32-33-37(41)40-36(39(44)45)34-35-38(42)43/h36H,2-35H2,1H3,(H,40,41)(H,42,43)(H,44,45)/t36-/m0/s1. The van der Waals surface area contributed by atoms with Gasteiger partial charge in [-0.05, 0) is 12.8 Å². The Kier molecular flexibility index (Phi) is 34.0. The maximum Gasteiger partial charge on any atom is 0.326 e. The summed E-state index contributed by atoms with van der Waals surface area (Å²) >= 11 is 0. The van der Waals surface area contributed by atoms with Crippen LogP contribution in [0, 0.1) is 0 Å². The number of nitrogens with one attached hydrogen (secondary N) is 1. The van der Waals surface area contributed by atoms with Gasteiger partial charge in [0.05, 0.1) is 0 Å². The van der Waals surface area contributed by atoms with Crippen molar-refractivity contribution in [2.24, 2.45) is 0 Å². The van der Waals surface area contributed by atoms with Gasteiger partial charge in [-0.2, -0.15) is 0 Å². The van der Waals surface area contributed by atoms with Gasteiger partial charge >= 0.3 is 11.9 Å². The lowest BCUT2D eigenvalue weighted by molar-refractivity contribution is -0.143. The van der Waals surface area contributed by atoms with Crippen molar-refractivity contribution in [3.05, 3.63) is 0 Å². The van der Waals surface area contributed by atoms with Gasteiger partial charge in [-0.25, -0.2) is 4.79 Å². The van der Waals surface area contributed by atoms with Crippen LogP contribution in [0.2, 0.25) is 0 Å². The zero-order valence-electron chi connectivity index (χ0n) is 29.7. The number of carboxylic acid groups (broad SMARTS) is 2. The minimum absolute atomic E-state index is 0.0873. The van der Waals surface area contributed by atoms with Gasteiger partial charge < -0.3 is 15.5 Å². The van der Waals surface area contributed by atoms with E-state index in [9.17, 15) is 14.4 Å². The van der Waals surface area contributed by atoms with Crippen LogP contribution in [0.15, 0.2) is 0 Å². The number of unbranched alkanes of at least 4 members (excludes halogenated alkanes) is 30. The second-order valence-electron chi connectivity index (χ2n) is 13.7. The number of carboxylic acids is 2. The number of hydrogen-bond donors (Lipinski definition) is 3. The quantitative estimate of drug-likeness (QED) is 0.0588. The molecule has 6 heteroatoms. The summed E-state index contributed by atoms with van der Waals surface area (Å²) in [4.78, 5) is 33.7. The smallest absolute Gasteiger partial charge is 0.326 e. The molecule has 266 valence electrons. The second kappa shape index (κ2) is 35.3. The molecule has 0 aromatic carbocycles. The highest BCUT2D eigenvalue weighted by molar-refractivity contribution is 5.83. The van der Waals surface area contributed by atoms with Crippen molar-refractivity contribution in [2.75, 3.05) is 0 Å². The molecular weight excluding hydrogens is 562 g/mol. The van der Waals surface area contributed by atoms with E-state index in [2.05, 4.69) is 12.2 Å². The molecule has 1 amide bonds. The molecule has 0 fully saturated rings. The Bertz CT molecular complexity index is 668. The average Bonchev–Trinajstić information content (AvgIpc) is 3.01. The zero-order chi connectivity index (χ0) is 33.1. The summed E-state index contributed by atoms with van der Waals surface area (Å²) < 4.78 is 0. The summed E-state index contributed by atoms with van der Waals surface area (Å²) in [6.45, 7) is 2.29. The van der Waals surface area contributed by atoms with Gasteiger partial charge in [0, 0.05) is 12.8 Å². The zero-order valence-corrected chi connectivity index (χ0v) is 29.7. The summed E-state index contributed by atoms with van der Waals surface area (Å²) in [5.41, 5.74) is 0. The first-order chi connectivity index (χ1) is 22.0. The SMILES string of the molecule is CCCCCCCCCCCCCCCCCCCCCCCCCCCCCCCCCC(=O)N[C@@H](CCC(=O)O)C(=O)O. The van der Waals surface area contributed by atoms with Gasteiger partial charge in [-0.15, -0.1) is 0 Å². The molecule has 0 saturated heterocycles. The third-order valence-electron chi connectivity index (χ3n) is 9.29. The van der Waals surface area contributed by atoms with Gasteiger partial charge in [-0.1, -0.05) is 200 Å². The van der Waals surface area contributed by atoms with Gasteiger partial charge in [0.15, 0.2) is 0 Å². The Labute approximate surface area is 278 Å². The lowest BCUT2D eigenvalue weighted by atomic mass is 10.0. The van der Waals surface area contributed by atoms with Crippen molar-refractivity contribution < 1.29 is 24.6 Å². The Balaban J connectivity index is 3.23. The minimum Gasteiger partial charge on any atom is -0.481 e. The lowest BCUT2D eigenvalue weighted by Crippen LogP contribution is -2.41. The van der Waals surface area contributed by atoms with E-state index in [0.717, 1.165) is 19.3 Å². The van der Waals surface area contributed by atoms with Crippen molar-refractivity contribution in [1.29, 1.82) is 0 Å². The van der Waals surface area contributed by atoms with Gasteiger partial charge in [-0.3, -0.25) is 9.59 Å². The molecule has 0 aliphatic carbocycles. The van der Waals surface area contributed by atoms with Crippen LogP contribution in [-0.4, -0.2) is 34.1 Å². The Morgan fingerprint density at radius 2 is 0.689 bits per heavy atom. The molecular formula is C39H75NO5. The van der Waals surface area contributed by atoms with Crippen LogP contribution >= 0.6 is 0 Å². The van der Waals surface area contributed by atoms with E-state index in [0.29, 0.717) is 6.42 Å². The van der Waals surface area contributed by atoms with E-state index in [4.69, 9.17) is 10.2 Å². The lowest BCUT2D eigenvalue weighted by Gasteiger charge is -2.13. The fourth-order valence-corrected chi connectivity index (χ4v) is 6.28. The Hall–Kier alpha value is -1.59. The van der Waals surface area contributed by atoms with Crippen LogP contribution in [0.25, 0.3) is 0 Å². The van der Waals surface area contributed by atoms with Crippen molar-refractivity contribution in [2.45, 2.75) is 231 Å². The van der Waals surface area contributed by atoms with Crippen LogP contribution in [0.5, 0.6) is 0 Å². The fraction of sp³-hybridized carbons (Fsp3) is 0.923. The largest absolute Gasteiger partial charge is 0.481 e. The molecule has 0 radical (unpaired) electrons. The first-order valence-corrected chi connectivity index (χ1v) is 19.7. The predicted octanol–water partition coefficient (Wildman–Crippen LogP) is 11.9. The summed E-state index contributed by atoms with van der Waals surface area (Å²) in [6, 6.07) is -1.12. The van der Waals surface area contributed by atoms with Crippen LogP contribution < -0.4 is 5.32 Å². The van der Waals surface area contributed by atoms with Crippen molar-refractivity contribution in [3.63, 3.8) is 0 Å². The molecule has 45 heavy (non-hydrogen) atoms. The maximum absolute atomic E-state index is 11.9. The molecule has 6 nitrogen and oxygen atoms in total. The topological polar surface area (TPSA) is 104 Å². The van der Waals surface area contributed by atoms with Gasteiger partial charge in [0.1, 0.15) is 6.04 Å². The number of amides is 1. The van der Waals surface area contributed by atoms with E-state index < -0.39 is 18.0 Å². The number of aliphatic carboxylic acids is 2. The minimum atomic E-state index is -1.18. The molecule has 0 rings (SSSR count). The number of carbonyl (C=O) groups is 3. The molecule has 0 aliphatic heterocycles. The summed E-state index contributed by atoms with van der Waals surface area (Å²) in [7, 11) is 0. The van der Waals surface area contributed by atoms with Crippen LogP contribution in [0.3, 0.4) is 0 Å². The van der Waals surface area contributed by atoms with E-state index in [1.165, 1.54) is 180 Å². The first-order valence-electron chi connectivity index (χ1n) is 19.7. The van der Waals surface area contributed by atoms with Crippen molar-refractivity contribution in [1.82, 2.24) is 5.32 Å². The average molecular weight is 638 g/mol. The molecule has 0 saturated carbocycles. The van der Waals surface area contributed by atoms with Crippen LogP contribution in [0.1, 0.15) is 225 Å². The Morgan fingerprint density at radius 3 is 0.933 bits per heavy atom. The number of carbonyl (C=O) groups excluding carboxylic acids is 1. The Morgan fingerprint density at radius 1 is 0.422 bits per heavy atom. The van der Waals surface area contributed by atoms with E-state index in [-0.39, 0.29) is 18.7 Å². The first kappa shape index (κ1) is 43.4. The van der Waals surface area contributed by atoms with E-state index in [1.54, 1.807) is 0 Å².